The van der Waals surface area contributed by atoms with Gasteiger partial charge in [-0.3, -0.25) is 5.10 Å². The molecule has 0 amide bonds. The molecule has 6 nitrogen and oxygen atoms in total. The summed E-state index contributed by atoms with van der Waals surface area (Å²) >= 11 is 0. The lowest BCUT2D eigenvalue weighted by molar-refractivity contribution is 0.442. The minimum absolute atomic E-state index is 0.0741. The van der Waals surface area contributed by atoms with Crippen LogP contribution in [-0.2, 0) is 16.6 Å². The molecule has 1 aliphatic rings. The van der Waals surface area contributed by atoms with E-state index in [-0.39, 0.29) is 11.6 Å². The fourth-order valence-corrected chi connectivity index (χ4v) is 3.50. The molecule has 0 atom stereocenters. The van der Waals surface area contributed by atoms with Gasteiger partial charge in [-0.25, -0.2) is 8.42 Å². The largest absolute Gasteiger partial charge is 0.310 e. The summed E-state index contributed by atoms with van der Waals surface area (Å²) in [5.74, 6) is 2.40. The molecule has 0 bridgehead atoms. The van der Waals surface area contributed by atoms with Crippen molar-refractivity contribution in [2.75, 3.05) is 13.1 Å². The van der Waals surface area contributed by atoms with Crippen LogP contribution >= 0.6 is 0 Å². The maximum absolute atomic E-state index is 12.6. The summed E-state index contributed by atoms with van der Waals surface area (Å²) in [5, 5.41) is 9.90. The van der Waals surface area contributed by atoms with Gasteiger partial charge in [-0.2, -0.15) is 9.40 Å². The Balaban J connectivity index is 2.18. The molecule has 1 aromatic rings. The van der Waals surface area contributed by atoms with E-state index in [1.54, 1.807) is 6.20 Å². The summed E-state index contributed by atoms with van der Waals surface area (Å²) in [7, 11) is -3.61. The van der Waals surface area contributed by atoms with Crippen LogP contribution in [0.5, 0.6) is 0 Å². The number of terminal acetylenes is 1. The third kappa shape index (κ3) is 3.39. The van der Waals surface area contributed by atoms with Gasteiger partial charge in [0.1, 0.15) is 0 Å². The Morgan fingerprint density at radius 1 is 1.60 bits per heavy atom. The molecule has 0 aliphatic heterocycles. The molecule has 0 radical (unpaired) electrons. The van der Waals surface area contributed by atoms with E-state index in [1.165, 1.54) is 4.31 Å². The smallest absolute Gasteiger partial charge is 0.261 e. The first-order valence-corrected chi connectivity index (χ1v) is 8.22. The Hall–Kier alpha value is -1.36. The Labute approximate surface area is 120 Å². The minimum atomic E-state index is -3.61. The van der Waals surface area contributed by atoms with Crippen LogP contribution in [0.3, 0.4) is 0 Å². The first-order valence-electron chi connectivity index (χ1n) is 6.78. The normalized spacial score (nSPS) is 15.4. The van der Waals surface area contributed by atoms with Crippen LogP contribution in [-0.4, -0.2) is 42.1 Å². The van der Waals surface area contributed by atoms with Crippen LogP contribution < -0.4 is 5.32 Å². The van der Waals surface area contributed by atoms with Crippen LogP contribution in [0.25, 0.3) is 0 Å². The van der Waals surface area contributed by atoms with Crippen LogP contribution in [0.4, 0.5) is 0 Å². The topological polar surface area (TPSA) is 78.1 Å². The molecule has 0 saturated heterocycles. The van der Waals surface area contributed by atoms with Gasteiger partial charge in [-0.05, 0) is 19.3 Å². The van der Waals surface area contributed by atoms with Crippen molar-refractivity contribution in [3.05, 3.63) is 11.8 Å². The van der Waals surface area contributed by atoms with Gasteiger partial charge < -0.3 is 5.32 Å². The third-order valence-corrected chi connectivity index (χ3v) is 5.04. The second-order valence-corrected chi connectivity index (χ2v) is 6.80. The highest BCUT2D eigenvalue weighted by molar-refractivity contribution is 7.89. The van der Waals surface area contributed by atoms with Crippen molar-refractivity contribution in [3.63, 3.8) is 0 Å². The van der Waals surface area contributed by atoms with Crippen LogP contribution in [0, 0.1) is 12.3 Å². The number of nitrogens with one attached hydrogen (secondary N) is 2. The van der Waals surface area contributed by atoms with E-state index in [2.05, 4.69) is 21.4 Å². The Morgan fingerprint density at radius 3 is 2.95 bits per heavy atom. The lowest BCUT2D eigenvalue weighted by Crippen LogP contribution is -2.33. The highest BCUT2D eigenvalue weighted by Gasteiger charge is 2.28. The molecule has 1 heterocycles. The van der Waals surface area contributed by atoms with E-state index in [0.29, 0.717) is 31.1 Å². The van der Waals surface area contributed by atoms with Crippen molar-refractivity contribution >= 4 is 10.0 Å². The fraction of sp³-hybridized carbons (Fsp3) is 0.615. The molecule has 110 valence electrons. The molecule has 7 heteroatoms. The molecule has 20 heavy (non-hydrogen) atoms. The average molecular weight is 296 g/mol. The molecule has 2 N–H and O–H groups in total. The summed E-state index contributed by atoms with van der Waals surface area (Å²) in [5.41, 5.74) is 0.662. The average Bonchev–Trinajstić information content (AvgIpc) is 3.12. The maximum atomic E-state index is 12.6. The number of H-pyrrole nitrogens is 1. The quantitative estimate of drug-likeness (QED) is 0.692. The van der Waals surface area contributed by atoms with E-state index >= 15 is 0 Å². The molecule has 0 aromatic carbocycles. The van der Waals surface area contributed by atoms with Gasteiger partial charge in [-0.1, -0.05) is 12.8 Å². The molecular formula is C13H20N4O2S. The number of rotatable bonds is 8. The van der Waals surface area contributed by atoms with Gasteiger partial charge in [-0.15, -0.1) is 6.42 Å². The van der Waals surface area contributed by atoms with E-state index in [9.17, 15) is 8.42 Å². The fourth-order valence-electron chi connectivity index (χ4n) is 1.95. The molecular weight excluding hydrogens is 276 g/mol. The van der Waals surface area contributed by atoms with E-state index < -0.39 is 10.0 Å². The zero-order chi connectivity index (χ0) is 14.6. The molecule has 0 spiro atoms. The maximum Gasteiger partial charge on any atom is 0.261 e. The zero-order valence-corrected chi connectivity index (χ0v) is 12.4. The lowest BCUT2D eigenvalue weighted by Gasteiger charge is -2.18. The minimum Gasteiger partial charge on any atom is -0.310 e. The second-order valence-electron chi connectivity index (χ2n) is 4.92. The van der Waals surface area contributed by atoms with E-state index in [0.717, 1.165) is 12.8 Å². The van der Waals surface area contributed by atoms with E-state index in [4.69, 9.17) is 6.42 Å². The molecule has 1 saturated carbocycles. The van der Waals surface area contributed by atoms with Gasteiger partial charge in [0.25, 0.3) is 10.0 Å². The third-order valence-electron chi connectivity index (χ3n) is 3.18. The van der Waals surface area contributed by atoms with Gasteiger partial charge in [0.2, 0.25) is 0 Å². The molecule has 0 unspecified atom stereocenters. The number of aromatic amines is 1. The molecule has 1 aromatic heterocycles. The predicted molar refractivity (Wildman–Crippen MR) is 76.3 cm³/mol. The standard InChI is InChI=1S/C13H20N4O2S/c1-3-7-17(8-4-2)20(18,19)13-11(10-15-16-13)9-14-12-5-6-12/h1,10,12,14H,4-9H2,2H3,(H,15,16). The van der Waals surface area contributed by atoms with Crippen molar-refractivity contribution in [1.82, 2.24) is 19.8 Å². The lowest BCUT2D eigenvalue weighted by atomic mass is 10.3. The number of aromatic nitrogens is 2. The summed E-state index contributed by atoms with van der Waals surface area (Å²) < 4.78 is 26.5. The molecule has 1 fully saturated rings. The van der Waals surface area contributed by atoms with Crippen molar-refractivity contribution in [2.24, 2.45) is 0 Å². The number of hydrogen-bond acceptors (Lipinski definition) is 4. The van der Waals surface area contributed by atoms with Crippen molar-refractivity contribution in [3.8, 4) is 12.3 Å². The van der Waals surface area contributed by atoms with Gasteiger partial charge in [0.15, 0.2) is 5.03 Å². The monoisotopic (exact) mass is 296 g/mol. The molecule has 2 rings (SSSR count). The Bertz CT molecular complexity index is 584. The van der Waals surface area contributed by atoms with Crippen molar-refractivity contribution in [1.29, 1.82) is 0 Å². The van der Waals surface area contributed by atoms with Crippen LogP contribution in [0.15, 0.2) is 11.2 Å². The SMILES string of the molecule is C#CCN(CCC)S(=O)(=O)c1[nH]ncc1CNC1CC1. The van der Waals surface area contributed by atoms with Crippen molar-refractivity contribution in [2.45, 2.75) is 43.8 Å². The Kier molecular flexibility index (Phi) is 4.81. The van der Waals surface area contributed by atoms with Gasteiger partial charge >= 0.3 is 0 Å². The first kappa shape index (κ1) is 15.0. The van der Waals surface area contributed by atoms with Gasteiger partial charge in [0.05, 0.1) is 12.7 Å². The first-order chi connectivity index (χ1) is 9.59. The molecule has 1 aliphatic carbocycles. The predicted octanol–water partition coefficient (Wildman–Crippen LogP) is 0.696. The number of hydrogen-bond donors (Lipinski definition) is 2. The number of nitrogens with zero attached hydrogens (tertiary/aromatic N) is 2. The highest BCUT2D eigenvalue weighted by atomic mass is 32.2. The highest BCUT2D eigenvalue weighted by Crippen LogP contribution is 2.22. The van der Waals surface area contributed by atoms with Crippen molar-refractivity contribution < 1.29 is 8.42 Å². The van der Waals surface area contributed by atoms with Gasteiger partial charge in [0, 0.05) is 24.7 Å². The number of sulfonamides is 1. The summed E-state index contributed by atoms with van der Waals surface area (Å²) in [6.07, 6.45) is 9.83. The summed E-state index contributed by atoms with van der Waals surface area (Å²) in [6.45, 7) is 2.90. The Morgan fingerprint density at radius 2 is 2.35 bits per heavy atom. The van der Waals surface area contributed by atoms with Crippen LogP contribution in [0.1, 0.15) is 31.7 Å². The van der Waals surface area contributed by atoms with Crippen LogP contribution in [0.2, 0.25) is 0 Å². The second kappa shape index (κ2) is 6.39. The summed E-state index contributed by atoms with van der Waals surface area (Å²) in [6, 6.07) is 0.512. The zero-order valence-electron chi connectivity index (χ0n) is 11.6. The van der Waals surface area contributed by atoms with E-state index in [1.807, 2.05) is 6.92 Å². The summed E-state index contributed by atoms with van der Waals surface area (Å²) in [4.78, 5) is 0.